The number of benzene rings is 2. The summed E-state index contributed by atoms with van der Waals surface area (Å²) in [5.74, 6) is -0.980. The highest BCUT2D eigenvalue weighted by atomic mass is 32.2. The van der Waals surface area contributed by atoms with E-state index < -0.39 is 27.9 Å². The van der Waals surface area contributed by atoms with Crippen LogP contribution in [0.15, 0.2) is 78.2 Å². The molecule has 0 aliphatic carbocycles. The predicted octanol–water partition coefficient (Wildman–Crippen LogP) is 2.20. The summed E-state index contributed by atoms with van der Waals surface area (Å²) in [6, 6.07) is 15.2. The van der Waals surface area contributed by atoms with Gasteiger partial charge in [-0.25, -0.2) is 13.3 Å². The van der Waals surface area contributed by atoms with E-state index in [-0.39, 0.29) is 17.9 Å². The number of amides is 2. The Balaban J connectivity index is 1.98. The maximum Gasteiger partial charge on any atom is 0.252 e. The van der Waals surface area contributed by atoms with Gasteiger partial charge in [-0.3, -0.25) is 9.59 Å². The van der Waals surface area contributed by atoms with Crippen LogP contribution in [0.2, 0.25) is 0 Å². The number of carbonyl (C=O) groups is 2. The second kappa shape index (κ2) is 7.23. The minimum atomic E-state index is -3.95. The van der Waals surface area contributed by atoms with Crippen LogP contribution in [0.3, 0.4) is 0 Å². The first kappa shape index (κ1) is 18.0. The van der Waals surface area contributed by atoms with Gasteiger partial charge in [-0.05, 0) is 24.3 Å². The Hall–Kier alpha value is -2.77. The number of carbonyl (C=O) groups excluding carboxylic acids is 2. The number of para-hydroxylation sites is 1. The minimum Gasteiger partial charge on any atom is -0.274 e. The molecule has 0 radical (unpaired) electrons. The van der Waals surface area contributed by atoms with Crippen LogP contribution in [0.4, 0.5) is 5.69 Å². The molecule has 0 N–H and O–H groups in total. The van der Waals surface area contributed by atoms with Crippen LogP contribution in [0, 0.1) is 0 Å². The summed E-state index contributed by atoms with van der Waals surface area (Å²) in [7, 11) is -3.95. The number of anilines is 1. The Bertz CT molecular complexity index is 927. The summed E-state index contributed by atoms with van der Waals surface area (Å²) in [4.78, 5) is 26.4. The van der Waals surface area contributed by atoms with E-state index in [9.17, 15) is 18.0 Å². The minimum absolute atomic E-state index is 0.0659. The second-order valence-electron chi connectivity index (χ2n) is 5.80. The first-order chi connectivity index (χ1) is 12.5. The van der Waals surface area contributed by atoms with Crippen molar-refractivity contribution in [1.82, 2.24) is 4.31 Å². The highest BCUT2D eigenvalue weighted by molar-refractivity contribution is 7.89. The second-order valence-corrected chi connectivity index (χ2v) is 7.69. The molecule has 2 aromatic rings. The van der Waals surface area contributed by atoms with Gasteiger partial charge in [0.25, 0.3) is 5.91 Å². The lowest BCUT2D eigenvalue weighted by Crippen LogP contribution is -2.45. The fourth-order valence-electron chi connectivity index (χ4n) is 2.94. The highest BCUT2D eigenvalue weighted by Gasteiger charge is 2.46. The van der Waals surface area contributed by atoms with Crippen LogP contribution in [0.5, 0.6) is 0 Å². The van der Waals surface area contributed by atoms with E-state index in [1.165, 1.54) is 18.2 Å². The molecule has 7 heteroatoms. The SMILES string of the molecule is C=CCN(C1CC(=O)N(c2ccccc2)C1=O)S(=O)(=O)c1ccccc1. The van der Waals surface area contributed by atoms with E-state index in [2.05, 4.69) is 6.58 Å². The van der Waals surface area contributed by atoms with Crippen molar-refractivity contribution in [1.29, 1.82) is 0 Å². The third kappa shape index (κ3) is 3.18. The molecule has 1 atom stereocenters. The molecule has 0 saturated carbocycles. The fraction of sp³-hybridized carbons (Fsp3) is 0.158. The van der Waals surface area contributed by atoms with E-state index in [4.69, 9.17) is 0 Å². The molecule has 0 aromatic heterocycles. The summed E-state index contributed by atoms with van der Waals surface area (Å²) in [6.45, 7) is 3.52. The molecule has 1 aliphatic heterocycles. The van der Waals surface area contributed by atoms with Crippen molar-refractivity contribution in [2.75, 3.05) is 11.4 Å². The Kier molecular flexibility index (Phi) is 5.01. The fourth-order valence-corrected chi connectivity index (χ4v) is 4.51. The quantitative estimate of drug-likeness (QED) is 0.577. The molecule has 134 valence electrons. The number of hydrogen-bond donors (Lipinski definition) is 0. The molecule has 3 rings (SSSR count). The van der Waals surface area contributed by atoms with Crippen LogP contribution in [0.1, 0.15) is 6.42 Å². The molecule has 6 nitrogen and oxygen atoms in total. The molecular weight excluding hydrogens is 352 g/mol. The molecule has 1 fully saturated rings. The van der Waals surface area contributed by atoms with Crippen LogP contribution in [-0.2, 0) is 19.6 Å². The maximum absolute atomic E-state index is 13.0. The third-order valence-corrected chi connectivity index (χ3v) is 6.03. The van der Waals surface area contributed by atoms with Gasteiger partial charge in [0.05, 0.1) is 17.0 Å². The van der Waals surface area contributed by atoms with Crippen molar-refractivity contribution in [3.63, 3.8) is 0 Å². The Labute approximate surface area is 152 Å². The lowest BCUT2D eigenvalue weighted by molar-refractivity contribution is -0.122. The molecule has 1 heterocycles. The predicted molar refractivity (Wildman–Crippen MR) is 97.9 cm³/mol. The number of imide groups is 1. The van der Waals surface area contributed by atoms with Crippen LogP contribution in [-0.4, -0.2) is 37.1 Å². The first-order valence-corrected chi connectivity index (χ1v) is 9.50. The maximum atomic E-state index is 13.0. The van der Waals surface area contributed by atoms with E-state index in [0.717, 1.165) is 9.21 Å². The lowest BCUT2D eigenvalue weighted by atomic mass is 10.2. The van der Waals surface area contributed by atoms with Crippen molar-refractivity contribution in [3.05, 3.63) is 73.3 Å². The molecule has 0 spiro atoms. The van der Waals surface area contributed by atoms with Gasteiger partial charge in [-0.1, -0.05) is 42.5 Å². The number of sulfonamides is 1. The van der Waals surface area contributed by atoms with Crippen molar-refractivity contribution < 1.29 is 18.0 Å². The standard InChI is InChI=1S/C19H18N2O4S/c1-2-13-20(26(24,25)16-11-7-4-8-12-16)17-14-18(22)21(19(17)23)15-9-5-3-6-10-15/h2-12,17H,1,13-14H2. The summed E-state index contributed by atoms with van der Waals surface area (Å²) in [5.41, 5.74) is 0.431. The Morgan fingerprint density at radius 2 is 1.62 bits per heavy atom. The highest BCUT2D eigenvalue weighted by Crippen LogP contribution is 2.29. The zero-order valence-corrected chi connectivity index (χ0v) is 14.8. The van der Waals surface area contributed by atoms with Crippen molar-refractivity contribution >= 4 is 27.5 Å². The van der Waals surface area contributed by atoms with Gasteiger partial charge in [0.1, 0.15) is 6.04 Å². The van der Waals surface area contributed by atoms with Gasteiger partial charge < -0.3 is 0 Å². The molecule has 26 heavy (non-hydrogen) atoms. The van der Waals surface area contributed by atoms with Crippen molar-refractivity contribution in [3.8, 4) is 0 Å². The number of rotatable bonds is 6. The Morgan fingerprint density at radius 3 is 2.19 bits per heavy atom. The number of hydrogen-bond acceptors (Lipinski definition) is 4. The monoisotopic (exact) mass is 370 g/mol. The van der Waals surface area contributed by atoms with E-state index in [1.807, 2.05) is 0 Å². The van der Waals surface area contributed by atoms with Crippen LogP contribution >= 0.6 is 0 Å². The van der Waals surface area contributed by atoms with Crippen LogP contribution in [0.25, 0.3) is 0 Å². The van der Waals surface area contributed by atoms with E-state index in [0.29, 0.717) is 5.69 Å². The third-order valence-electron chi connectivity index (χ3n) is 4.14. The smallest absolute Gasteiger partial charge is 0.252 e. The van der Waals surface area contributed by atoms with Crippen molar-refractivity contribution in [2.45, 2.75) is 17.4 Å². The number of nitrogens with zero attached hydrogens (tertiary/aromatic N) is 2. The van der Waals surface area contributed by atoms with Crippen LogP contribution < -0.4 is 4.90 Å². The summed E-state index contributed by atoms with van der Waals surface area (Å²) >= 11 is 0. The summed E-state index contributed by atoms with van der Waals surface area (Å²) in [5, 5.41) is 0. The van der Waals surface area contributed by atoms with E-state index in [1.54, 1.807) is 48.5 Å². The zero-order valence-electron chi connectivity index (χ0n) is 14.0. The average Bonchev–Trinajstić information content (AvgIpc) is 2.95. The molecular formula is C19H18N2O4S. The van der Waals surface area contributed by atoms with Gasteiger partial charge in [-0.2, -0.15) is 4.31 Å². The van der Waals surface area contributed by atoms with E-state index >= 15 is 0 Å². The van der Waals surface area contributed by atoms with Gasteiger partial charge in [0.15, 0.2) is 0 Å². The zero-order chi connectivity index (χ0) is 18.7. The lowest BCUT2D eigenvalue weighted by Gasteiger charge is -2.25. The molecule has 2 aromatic carbocycles. The Morgan fingerprint density at radius 1 is 1.04 bits per heavy atom. The largest absolute Gasteiger partial charge is 0.274 e. The van der Waals surface area contributed by atoms with Gasteiger partial charge in [0, 0.05) is 6.54 Å². The topological polar surface area (TPSA) is 74.8 Å². The van der Waals surface area contributed by atoms with Gasteiger partial charge in [-0.15, -0.1) is 6.58 Å². The molecule has 1 saturated heterocycles. The van der Waals surface area contributed by atoms with Gasteiger partial charge >= 0.3 is 0 Å². The van der Waals surface area contributed by atoms with Crippen molar-refractivity contribution in [2.24, 2.45) is 0 Å². The van der Waals surface area contributed by atoms with Gasteiger partial charge in [0.2, 0.25) is 15.9 Å². The molecule has 1 unspecified atom stereocenters. The average molecular weight is 370 g/mol. The molecule has 0 bridgehead atoms. The molecule has 1 aliphatic rings. The molecule has 2 amide bonds. The first-order valence-electron chi connectivity index (χ1n) is 8.06. The summed E-state index contributed by atoms with van der Waals surface area (Å²) in [6.07, 6.45) is 1.21. The summed E-state index contributed by atoms with van der Waals surface area (Å²) < 4.78 is 27.0. The normalized spacial score (nSPS) is 17.7.